The number of benzene rings is 2. The molecular weight excluding hydrogens is 304 g/mol. The van der Waals surface area contributed by atoms with E-state index >= 15 is 0 Å². The van der Waals surface area contributed by atoms with Gasteiger partial charge in [-0.1, -0.05) is 41.6 Å². The van der Waals surface area contributed by atoms with Gasteiger partial charge in [0.25, 0.3) is 11.6 Å². The summed E-state index contributed by atoms with van der Waals surface area (Å²) in [5.74, 6) is 5.21. The van der Waals surface area contributed by atoms with Crippen molar-refractivity contribution >= 4 is 23.2 Å². The molecule has 1 amide bonds. The highest BCUT2D eigenvalue weighted by Crippen LogP contribution is 2.13. The first-order valence-corrected chi connectivity index (χ1v) is 6.72. The molecule has 0 aliphatic rings. The van der Waals surface area contributed by atoms with E-state index in [-0.39, 0.29) is 17.8 Å². The van der Waals surface area contributed by atoms with Crippen LogP contribution in [0.4, 0.5) is 5.69 Å². The maximum Gasteiger partial charge on any atom is 0.270 e. The quantitative estimate of drug-likeness (QED) is 0.537. The monoisotopic (exact) mass is 314 g/mol. The van der Waals surface area contributed by atoms with Crippen LogP contribution in [0.15, 0.2) is 48.5 Å². The fourth-order valence-corrected chi connectivity index (χ4v) is 1.87. The molecule has 0 bridgehead atoms. The van der Waals surface area contributed by atoms with Gasteiger partial charge in [0, 0.05) is 23.3 Å². The third-order valence-corrected chi connectivity index (χ3v) is 3.08. The third-order valence-electron chi connectivity index (χ3n) is 2.75. The number of carbonyl (C=O) groups excluding carboxylic acids is 1. The Balaban J connectivity index is 1.98. The average molecular weight is 315 g/mol. The van der Waals surface area contributed by atoms with Crippen LogP contribution in [0.2, 0.25) is 5.02 Å². The first-order valence-electron chi connectivity index (χ1n) is 6.34. The van der Waals surface area contributed by atoms with Crippen molar-refractivity contribution in [3.8, 4) is 11.8 Å². The second-order valence-electron chi connectivity index (χ2n) is 4.27. The number of non-ortho nitro benzene ring substituents is 1. The molecule has 2 rings (SSSR count). The van der Waals surface area contributed by atoms with E-state index < -0.39 is 10.8 Å². The summed E-state index contributed by atoms with van der Waals surface area (Å²) in [6.45, 7) is 0.118. The molecule has 2 aromatic carbocycles. The van der Waals surface area contributed by atoms with Crippen molar-refractivity contribution < 1.29 is 9.72 Å². The summed E-state index contributed by atoms with van der Waals surface area (Å²) in [5, 5.41) is 13.8. The van der Waals surface area contributed by atoms with E-state index in [1.165, 1.54) is 24.3 Å². The predicted octanol–water partition coefficient (Wildman–Crippen LogP) is 3.03. The van der Waals surface area contributed by atoms with Gasteiger partial charge in [0.1, 0.15) is 0 Å². The number of halogens is 1. The Kier molecular flexibility index (Phi) is 5.12. The fraction of sp³-hybridized carbons (Fsp3) is 0.0625. The molecule has 6 heteroatoms. The Bertz CT molecular complexity index is 778. The molecular formula is C16H11ClN2O3. The molecule has 0 radical (unpaired) electrons. The van der Waals surface area contributed by atoms with Crippen molar-refractivity contribution in [2.75, 3.05) is 6.54 Å². The van der Waals surface area contributed by atoms with Gasteiger partial charge in [0.05, 0.1) is 16.5 Å². The Morgan fingerprint density at radius 3 is 2.73 bits per heavy atom. The van der Waals surface area contributed by atoms with Crippen LogP contribution in [0.3, 0.4) is 0 Å². The highest BCUT2D eigenvalue weighted by Gasteiger charge is 2.10. The van der Waals surface area contributed by atoms with Gasteiger partial charge in [-0.05, 0) is 18.2 Å². The number of amides is 1. The lowest BCUT2D eigenvalue weighted by Crippen LogP contribution is -2.23. The van der Waals surface area contributed by atoms with Gasteiger partial charge in [0.2, 0.25) is 0 Å². The van der Waals surface area contributed by atoms with E-state index in [9.17, 15) is 14.9 Å². The van der Waals surface area contributed by atoms with E-state index in [1.54, 1.807) is 18.2 Å². The highest BCUT2D eigenvalue weighted by atomic mass is 35.5. The van der Waals surface area contributed by atoms with Crippen molar-refractivity contribution in [2.24, 2.45) is 0 Å². The van der Waals surface area contributed by atoms with Crippen molar-refractivity contribution in [2.45, 2.75) is 0 Å². The van der Waals surface area contributed by atoms with E-state index in [2.05, 4.69) is 17.2 Å². The molecule has 0 saturated carbocycles. The standard InChI is InChI=1S/C16H11ClN2O3/c17-15-9-2-1-5-12(15)7-4-10-18-16(20)13-6-3-8-14(11-13)19(21)22/h1-3,5-6,8-9,11H,10H2,(H,18,20). The Morgan fingerprint density at radius 1 is 1.23 bits per heavy atom. The first-order chi connectivity index (χ1) is 10.6. The minimum atomic E-state index is -0.548. The second kappa shape index (κ2) is 7.25. The molecule has 0 unspecified atom stereocenters. The SMILES string of the molecule is O=C(NCC#Cc1ccccc1Cl)c1cccc([N+](=O)[O-])c1. The van der Waals surface area contributed by atoms with E-state index in [4.69, 9.17) is 11.6 Å². The minimum Gasteiger partial charge on any atom is -0.341 e. The van der Waals surface area contributed by atoms with Crippen LogP contribution in [-0.4, -0.2) is 17.4 Å². The summed E-state index contributed by atoms with van der Waals surface area (Å²) in [7, 11) is 0. The number of hydrogen-bond acceptors (Lipinski definition) is 3. The van der Waals surface area contributed by atoms with Gasteiger partial charge in [-0.2, -0.15) is 0 Å². The first kappa shape index (κ1) is 15.5. The lowest BCUT2D eigenvalue weighted by molar-refractivity contribution is -0.384. The van der Waals surface area contributed by atoms with Gasteiger partial charge < -0.3 is 5.32 Å². The number of nitro benzene ring substituents is 1. The lowest BCUT2D eigenvalue weighted by Gasteiger charge is -2.01. The van der Waals surface area contributed by atoms with Gasteiger partial charge in [0.15, 0.2) is 0 Å². The molecule has 110 valence electrons. The molecule has 0 aliphatic carbocycles. The number of rotatable bonds is 3. The maximum atomic E-state index is 11.9. The summed E-state index contributed by atoms with van der Waals surface area (Å²) in [6, 6.07) is 12.6. The van der Waals surface area contributed by atoms with E-state index in [1.807, 2.05) is 6.07 Å². The van der Waals surface area contributed by atoms with Crippen LogP contribution in [0.1, 0.15) is 15.9 Å². The fourth-order valence-electron chi connectivity index (χ4n) is 1.69. The highest BCUT2D eigenvalue weighted by molar-refractivity contribution is 6.31. The Hall–Kier alpha value is -2.84. The minimum absolute atomic E-state index is 0.118. The Labute approximate surface area is 132 Å². The zero-order valence-corrected chi connectivity index (χ0v) is 12.1. The number of nitrogens with one attached hydrogen (secondary N) is 1. The molecule has 2 aromatic rings. The van der Waals surface area contributed by atoms with Gasteiger partial charge in [-0.25, -0.2) is 0 Å². The zero-order chi connectivity index (χ0) is 15.9. The molecule has 22 heavy (non-hydrogen) atoms. The number of nitro groups is 1. The predicted molar refractivity (Wildman–Crippen MR) is 83.8 cm³/mol. The summed E-state index contributed by atoms with van der Waals surface area (Å²) in [6.07, 6.45) is 0. The normalized spacial score (nSPS) is 9.50. The van der Waals surface area contributed by atoms with Gasteiger partial charge in [-0.3, -0.25) is 14.9 Å². The molecule has 0 saturated heterocycles. The second-order valence-corrected chi connectivity index (χ2v) is 4.68. The summed E-state index contributed by atoms with van der Waals surface area (Å²) in [5.41, 5.74) is 0.761. The molecule has 0 heterocycles. The van der Waals surface area contributed by atoms with Gasteiger partial charge in [-0.15, -0.1) is 0 Å². The van der Waals surface area contributed by atoms with Crippen molar-refractivity contribution in [3.05, 3.63) is 74.8 Å². The largest absolute Gasteiger partial charge is 0.341 e. The van der Waals surface area contributed by atoms with Crippen molar-refractivity contribution in [3.63, 3.8) is 0 Å². The average Bonchev–Trinajstić information content (AvgIpc) is 2.53. The topological polar surface area (TPSA) is 72.2 Å². The molecule has 0 fully saturated rings. The van der Waals surface area contributed by atoms with Crippen LogP contribution in [0.25, 0.3) is 0 Å². The molecule has 1 N–H and O–H groups in total. The number of hydrogen-bond donors (Lipinski definition) is 1. The molecule has 5 nitrogen and oxygen atoms in total. The van der Waals surface area contributed by atoms with Crippen LogP contribution in [-0.2, 0) is 0 Å². The van der Waals surface area contributed by atoms with Crippen LogP contribution in [0.5, 0.6) is 0 Å². The van der Waals surface area contributed by atoms with Crippen molar-refractivity contribution in [1.29, 1.82) is 0 Å². The Morgan fingerprint density at radius 2 is 2.00 bits per heavy atom. The third kappa shape index (κ3) is 4.08. The summed E-state index contributed by atoms with van der Waals surface area (Å²) < 4.78 is 0. The van der Waals surface area contributed by atoms with Gasteiger partial charge >= 0.3 is 0 Å². The molecule has 0 spiro atoms. The maximum absolute atomic E-state index is 11.9. The van der Waals surface area contributed by atoms with Crippen LogP contribution < -0.4 is 5.32 Å². The molecule has 0 aromatic heterocycles. The smallest absolute Gasteiger partial charge is 0.270 e. The number of carbonyl (C=O) groups is 1. The lowest BCUT2D eigenvalue weighted by atomic mass is 10.2. The van der Waals surface area contributed by atoms with Crippen LogP contribution >= 0.6 is 11.6 Å². The molecule has 0 atom stereocenters. The summed E-state index contributed by atoms with van der Waals surface area (Å²) in [4.78, 5) is 22.0. The van der Waals surface area contributed by atoms with E-state index in [0.717, 1.165) is 0 Å². The van der Waals surface area contributed by atoms with E-state index in [0.29, 0.717) is 10.6 Å². The van der Waals surface area contributed by atoms with Crippen molar-refractivity contribution in [1.82, 2.24) is 5.32 Å². The molecule has 0 aliphatic heterocycles. The summed E-state index contributed by atoms with van der Waals surface area (Å²) >= 11 is 5.95. The zero-order valence-electron chi connectivity index (χ0n) is 11.4. The van der Waals surface area contributed by atoms with Crippen LogP contribution in [0, 0.1) is 22.0 Å². The number of nitrogens with zero attached hydrogens (tertiary/aromatic N) is 1.